The third kappa shape index (κ3) is 4.90. The van der Waals surface area contributed by atoms with Crippen molar-refractivity contribution in [1.82, 2.24) is 10.2 Å². The second-order valence-corrected chi connectivity index (χ2v) is 8.36. The minimum Gasteiger partial charge on any atom is -0.350 e. The lowest BCUT2D eigenvalue weighted by molar-refractivity contribution is -0.115. The van der Waals surface area contributed by atoms with Crippen molar-refractivity contribution in [2.24, 2.45) is 0 Å². The van der Waals surface area contributed by atoms with E-state index in [9.17, 15) is 9.59 Å². The number of hydrogen-bond donors (Lipinski definition) is 2. The number of likely N-dealkylation sites (N-methyl/N-ethyl adjacent to an activating group) is 1. The first-order valence-electron chi connectivity index (χ1n) is 9.04. The van der Waals surface area contributed by atoms with E-state index in [1.165, 1.54) is 17.3 Å². The molecular weight excluding hydrogens is 358 g/mol. The van der Waals surface area contributed by atoms with E-state index in [4.69, 9.17) is 0 Å². The molecule has 0 aliphatic carbocycles. The average molecular weight is 384 g/mol. The molecule has 6 heteroatoms. The zero-order valence-electron chi connectivity index (χ0n) is 15.9. The second kappa shape index (κ2) is 8.59. The molecule has 5 nitrogen and oxygen atoms in total. The molecule has 0 aromatic heterocycles. The summed E-state index contributed by atoms with van der Waals surface area (Å²) in [7, 11) is 4.04. The molecule has 2 aromatic carbocycles. The quantitative estimate of drug-likeness (QED) is 0.805. The van der Waals surface area contributed by atoms with Crippen LogP contribution in [0.25, 0.3) is 0 Å². The van der Waals surface area contributed by atoms with Gasteiger partial charge >= 0.3 is 0 Å². The van der Waals surface area contributed by atoms with Gasteiger partial charge in [0.15, 0.2) is 0 Å². The van der Waals surface area contributed by atoms with E-state index in [1.54, 1.807) is 6.07 Å². The predicted molar refractivity (Wildman–Crippen MR) is 110 cm³/mol. The van der Waals surface area contributed by atoms with Crippen LogP contribution < -0.4 is 10.6 Å². The lowest BCUT2D eigenvalue weighted by atomic mass is 10.0. The van der Waals surface area contributed by atoms with E-state index in [1.807, 2.05) is 51.4 Å². The molecule has 2 atom stereocenters. The van der Waals surface area contributed by atoms with Gasteiger partial charge in [0.05, 0.1) is 10.9 Å². The molecule has 142 valence electrons. The Hall–Kier alpha value is -2.31. The minimum atomic E-state index is -0.129. The van der Waals surface area contributed by atoms with Crippen molar-refractivity contribution in [1.29, 1.82) is 0 Å². The number of hydrogen-bond acceptors (Lipinski definition) is 4. The molecule has 0 saturated heterocycles. The highest BCUT2D eigenvalue weighted by molar-refractivity contribution is 8.00. The summed E-state index contributed by atoms with van der Waals surface area (Å²) in [4.78, 5) is 27.6. The zero-order valence-corrected chi connectivity index (χ0v) is 16.7. The van der Waals surface area contributed by atoms with Crippen molar-refractivity contribution < 1.29 is 9.59 Å². The van der Waals surface area contributed by atoms with Crippen molar-refractivity contribution in [3.63, 3.8) is 0 Å². The number of benzene rings is 2. The Morgan fingerprint density at radius 1 is 1.22 bits per heavy atom. The Morgan fingerprint density at radius 2 is 1.96 bits per heavy atom. The maximum absolute atomic E-state index is 12.6. The van der Waals surface area contributed by atoms with Crippen LogP contribution in [0.15, 0.2) is 53.4 Å². The first-order chi connectivity index (χ1) is 12.9. The Labute approximate surface area is 164 Å². The molecule has 0 unspecified atom stereocenters. The number of nitrogens with one attached hydrogen (secondary N) is 2. The smallest absolute Gasteiger partial charge is 0.251 e. The SMILES string of the molecule is C[C@H]1Sc2ccc(C(=O)NC[C@H](Cc3ccccc3)N(C)C)cc2NC1=O. The summed E-state index contributed by atoms with van der Waals surface area (Å²) in [5.74, 6) is -0.156. The molecular formula is C21H25N3O2S. The van der Waals surface area contributed by atoms with Gasteiger partial charge in [0.2, 0.25) is 5.91 Å². The molecule has 3 rings (SSSR count). The fraction of sp³-hybridized carbons (Fsp3) is 0.333. The number of nitrogens with zero attached hydrogens (tertiary/aromatic N) is 1. The normalized spacial score (nSPS) is 17.2. The monoisotopic (exact) mass is 383 g/mol. The number of fused-ring (bicyclic) bond motifs is 1. The molecule has 2 aromatic rings. The van der Waals surface area contributed by atoms with Gasteiger partial charge in [-0.15, -0.1) is 11.8 Å². The molecule has 0 radical (unpaired) electrons. The maximum Gasteiger partial charge on any atom is 0.251 e. The van der Waals surface area contributed by atoms with Crippen molar-refractivity contribution in [2.75, 3.05) is 26.0 Å². The Bertz CT molecular complexity index is 823. The second-order valence-electron chi connectivity index (χ2n) is 6.98. The Morgan fingerprint density at radius 3 is 2.67 bits per heavy atom. The maximum atomic E-state index is 12.6. The third-order valence-corrected chi connectivity index (χ3v) is 5.89. The van der Waals surface area contributed by atoms with Crippen molar-refractivity contribution >= 4 is 29.3 Å². The van der Waals surface area contributed by atoms with Gasteiger partial charge in [-0.05, 0) is 51.2 Å². The summed E-state index contributed by atoms with van der Waals surface area (Å²) in [6.45, 7) is 2.42. The van der Waals surface area contributed by atoms with Crippen LogP contribution in [0, 0.1) is 0 Å². The van der Waals surface area contributed by atoms with Crippen LogP contribution in [0.3, 0.4) is 0 Å². The molecule has 0 fully saturated rings. The first kappa shape index (κ1) is 19.5. The summed E-state index contributed by atoms with van der Waals surface area (Å²) < 4.78 is 0. The summed E-state index contributed by atoms with van der Waals surface area (Å²) in [5, 5.41) is 5.79. The van der Waals surface area contributed by atoms with Crippen LogP contribution in [-0.4, -0.2) is 48.6 Å². The molecule has 2 amide bonds. The zero-order chi connectivity index (χ0) is 19.4. The van der Waals surface area contributed by atoms with E-state index in [0.29, 0.717) is 17.8 Å². The number of anilines is 1. The van der Waals surface area contributed by atoms with Crippen LogP contribution >= 0.6 is 11.8 Å². The lowest BCUT2D eigenvalue weighted by Gasteiger charge is -2.25. The van der Waals surface area contributed by atoms with Gasteiger partial charge in [0.25, 0.3) is 5.91 Å². The highest BCUT2D eigenvalue weighted by Crippen LogP contribution is 2.35. The fourth-order valence-electron chi connectivity index (χ4n) is 2.99. The molecule has 2 N–H and O–H groups in total. The van der Waals surface area contributed by atoms with E-state index in [-0.39, 0.29) is 23.1 Å². The number of amides is 2. The Kier molecular flexibility index (Phi) is 6.19. The largest absolute Gasteiger partial charge is 0.350 e. The van der Waals surface area contributed by atoms with E-state index in [2.05, 4.69) is 27.7 Å². The predicted octanol–water partition coefficient (Wildman–Crippen LogP) is 3.02. The molecule has 1 heterocycles. The van der Waals surface area contributed by atoms with E-state index < -0.39 is 0 Å². The summed E-state index contributed by atoms with van der Waals surface area (Å²) in [5.41, 5.74) is 2.51. The van der Waals surface area contributed by atoms with Crippen LogP contribution in [0.5, 0.6) is 0 Å². The topological polar surface area (TPSA) is 61.4 Å². The van der Waals surface area contributed by atoms with Crippen LogP contribution in [0.1, 0.15) is 22.8 Å². The molecule has 1 aliphatic heterocycles. The van der Waals surface area contributed by atoms with Gasteiger partial charge in [-0.1, -0.05) is 30.3 Å². The van der Waals surface area contributed by atoms with Crippen LogP contribution in [0.2, 0.25) is 0 Å². The Balaban J connectivity index is 1.64. The van der Waals surface area contributed by atoms with Gasteiger partial charge in [-0.25, -0.2) is 0 Å². The molecule has 27 heavy (non-hydrogen) atoms. The molecule has 0 spiro atoms. The number of thioether (sulfide) groups is 1. The molecule has 1 aliphatic rings. The number of carbonyl (C=O) groups excluding carboxylic acids is 2. The van der Waals surface area contributed by atoms with Crippen molar-refractivity contribution in [3.8, 4) is 0 Å². The highest BCUT2D eigenvalue weighted by Gasteiger charge is 2.24. The highest BCUT2D eigenvalue weighted by atomic mass is 32.2. The summed E-state index contributed by atoms with van der Waals surface area (Å²) >= 11 is 1.51. The van der Waals surface area contributed by atoms with Gasteiger partial charge in [-0.2, -0.15) is 0 Å². The van der Waals surface area contributed by atoms with E-state index >= 15 is 0 Å². The lowest BCUT2D eigenvalue weighted by Crippen LogP contribution is -2.41. The van der Waals surface area contributed by atoms with Crippen molar-refractivity contribution in [3.05, 3.63) is 59.7 Å². The standard InChI is InChI=1S/C21H25N3O2S/c1-14-20(25)23-18-12-16(9-10-19(18)27-14)21(26)22-13-17(24(2)3)11-15-7-5-4-6-8-15/h4-10,12,14,17H,11,13H2,1-3H3,(H,22,26)(H,23,25)/t14-,17+/m1/s1. The summed E-state index contributed by atoms with van der Waals surface area (Å²) in [6, 6.07) is 15.9. The van der Waals surface area contributed by atoms with Gasteiger partial charge < -0.3 is 15.5 Å². The van der Waals surface area contributed by atoms with Gasteiger partial charge in [0.1, 0.15) is 0 Å². The first-order valence-corrected chi connectivity index (χ1v) is 9.92. The number of rotatable bonds is 6. The third-order valence-electron chi connectivity index (χ3n) is 4.72. The van der Waals surface area contributed by atoms with Crippen LogP contribution in [-0.2, 0) is 11.2 Å². The summed E-state index contributed by atoms with van der Waals surface area (Å²) in [6.07, 6.45) is 0.864. The van der Waals surface area contributed by atoms with Gasteiger partial charge in [-0.3, -0.25) is 9.59 Å². The fourth-order valence-corrected chi connectivity index (χ4v) is 3.92. The van der Waals surface area contributed by atoms with Crippen molar-refractivity contribution in [2.45, 2.75) is 29.5 Å². The minimum absolute atomic E-state index is 0.0272. The molecule has 0 bridgehead atoms. The van der Waals surface area contributed by atoms with E-state index in [0.717, 1.165) is 11.3 Å². The van der Waals surface area contributed by atoms with Gasteiger partial charge in [0, 0.05) is 23.0 Å². The molecule has 0 saturated carbocycles. The average Bonchev–Trinajstić information content (AvgIpc) is 2.66. The number of carbonyl (C=O) groups is 2. The van der Waals surface area contributed by atoms with Crippen LogP contribution in [0.4, 0.5) is 5.69 Å².